The topological polar surface area (TPSA) is 56.0 Å². The third kappa shape index (κ3) is 1.99. The minimum Gasteiger partial charge on any atom is -0.329 e. The van der Waals surface area contributed by atoms with Crippen molar-refractivity contribution in [2.24, 2.45) is 7.05 Å². The number of aromatic nitrogens is 4. The van der Waals surface area contributed by atoms with E-state index in [9.17, 15) is 4.79 Å². The van der Waals surface area contributed by atoms with Crippen LogP contribution in [0.1, 0.15) is 22.1 Å². The predicted molar refractivity (Wildman–Crippen MR) is 74.9 cm³/mol. The molecule has 6 nitrogen and oxygen atoms in total. The molecule has 20 heavy (non-hydrogen) atoms. The Labute approximate surface area is 125 Å². The lowest BCUT2D eigenvalue weighted by molar-refractivity contribution is 0.0697. The third-order valence-corrected chi connectivity index (χ3v) is 4.40. The van der Waals surface area contributed by atoms with Crippen LogP contribution in [0.15, 0.2) is 6.07 Å². The fourth-order valence-electron chi connectivity index (χ4n) is 2.39. The molecule has 0 aliphatic carbocycles. The molecule has 2 aromatic heterocycles. The van der Waals surface area contributed by atoms with Crippen LogP contribution in [0.5, 0.6) is 0 Å². The number of halogens is 2. The molecule has 0 radical (unpaired) electrons. The Morgan fingerprint density at radius 1 is 1.30 bits per heavy atom. The highest BCUT2D eigenvalue weighted by Crippen LogP contribution is 2.26. The molecular formula is C12H13Cl2N5O. The largest absolute Gasteiger partial charge is 0.329 e. The van der Waals surface area contributed by atoms with Crippen molar-refractivity contribution in [3.05, 3.63) is 33.6 Å². The van der Waals surface area contributed by atoms with Crippen molar-refractivity contribution >= 4 is 29.1 Å². The van der Waals surface area contributed by atoms with Crippen molar-refractivity contribution in [2.75, 3.05) is 6.54 Å². The van der Waals surface area contributed by atoms with Crippen molar-refractivity contribution in [2.45, 2.75) is 20.0 Å². The molecule has 0 unspecified atom stereocenters. The van der Waals surface area contributed by atoms with Crippen LogP contribution >= 0.6 is 23.2 Å². The number of amides is 1. The van der Waals surface area contributed by atoms with Gasteiger partial charge in [0.15, 0.2) is 5.82 Å². The van der Waals surface area contributed by atoms with Gasteiger partial charge in [-0.1, -0.05) is 23.2 Å². The van der Waals surface area contributed by atoms with Crippen molar-refractivity contribution in [3.63, 3.8) is 0 Å². The quantitative estimate of drug-likeness (QED) is 0.808. The van der Waals surface area contributed by atoms with Gasteiger partial charge in [-0.3, -0.25) is 4.79 Å². The minimum atomic E-state index is -0.104. The molecule has 0 bridgehead atoms. The first-order valence-corrected chi connectivity index (χ1v) is 6.93. The zero-order chi connectivity index (χ0) is 14.4. The van der Waals surface area contributed by atoms with Crippen molar-refractivity contribution in [3.8, 4) is 0 Å². The maximum absolute atomic E-state index is 12.5. The van der Waals surface area contributed by atoms with Crippen LogP contribution in [0.3, 0.4) is 0 Å². The van der Waals surface area contributed by atoms with E-state index in [2.05, 4.69) is 10.2 Å². The first-order valence-electron chi connectivity index (χ1n) is 6.17. The number of nitrogens with zero attached hydrogens (tertiary/aromatic N) is 5. The Kier molecular flexibility index (Phi) is 3.22. The second kappa shape index (κ2) is 4.79. The highest BCUT2D eigenvalue weighted by Gasteiger charge is 2.26. The first-order chi connectivity index (χ1) is 9.49. The van der Waals surface area contributed by atoms with Gasteiger partial charge in [0.05, 0.1) is 11.6 Å². The van der Waals surface area contributed by atoms with Gasteiger partial charge < -0.3 is 14.0 Å². The lowest BCUT2D eigenvalue weighted by atomic mass is 10.3. The average molecular weight is 314 g/mol. The normalized spacial score (nSPS) is 14.5. The summed E-state index contributed by atoms with van der Waals surface area (Å²) in [5, 5.41) is 8.87. The maximum Gasteiger partial charge on any atom is 0.271 e. The van der Waals surface area contributed by atoms with E-state index in [1.165, 1.54) is 0 Å². The molecule has 1 aliphatic rings. The van der Waals surface area contributed by atoms with Gasteiger partial charge in [0.25, 0.3) is 5.91 Å². The highest BCUT2D eigenvalue weighted by atomic mass is 35.5. The van der Waals surface area contributed by atoms with Crippen LogP contribution in [0.25, 0.3) is 0 Å². The Morgan fingerprint density at radius 2 is 2.05 bits per heavy atom. The van der Waals surface area contributed by atoms with Crippen LogP contribution in [0.4, 0.5) is 0 Å². The van der Waals surface area contributed by atoms with Gasteiger partial charge in [0.1, 0.15) is 16.7 Å². The van der Waals surface area contributed by atoms with E-state index in [0.29, 0.717) is 35.5 Å². The summed E-state index contributed by atoms with van der Waals surface area (Å²) in [7, 11) is 1.72. The third-order valence-electron chi connectivity index (χ3n) is 3.56. The van der Waals surface area contributed by atoms with Crippen molar-refractivity contribution in [1.82, 2.24) is 24.2 Å². The number of hydrogen-bond donors (Lipinski definition) is 0. The van der Waals surface area contributed by atoms with E-state index in [-0.39, 0.29) is 5.91 Å². The van der Waals surface area contributed by atoms with Crippen LogP contribution in [0, 0.1) is 6.92 Å². The molecule has 106 valence electrons. The van der Waals surface area contributed by atoms with Gasteiger partial charge >= 0.3 is 0 Å². The molecular weight excluding hydrogens is 301 g/mol. The fourth-order valence-corrected chi connectivity index (χ4v) is 2.76. The van der Waals surface area contributed by atoms with E-state index < -0.39 is 0 Å². The molecule has 0 fully saturated rings. The van der Waals surface area contributed by atoms with Gasteiger partial charge in [0, 0.05) is 20.1 Å². The molecule has 0 N–H and O–H groups in total. The molecule has 0 saturated heterocycles. The Bertz CT molecular complexity index is 690. The van der Waals surface area contributed by atoms with Crippen LogP contribution in [-0.4, -0.2) is 36.7 Å². The van der Waals surface area contributed by atoms with E-state index >= 15 is 0 Å². The second-order valence-corrected chi connectivity index (χ2v) is 5.53. The molecule has 0 spiro atoms. The summed E-state index contributed by atoms with van der Waals surface area (Å²) in [5.74, 6) is 1.57. The van der Waals surface area contributed by atoms with Gasteiger partial charge in [-0.15, -0.1) is 10.2 Å². The van der Waals surface area contributed by atoms with E-state index in [4.69, 9.17) is 23.2 Å². The summed E-state index contributed by atoms with van der Waals surface area (Å²) in [6.07, 6.45) is 0. The van der Waals surface area contributed by atoms with Crippen molar-refractivity contribution in [1.29, 1.82) is 0 Å². The van der Waals surface area contributed by atoms with Gasteiger partial charge in [-0.2, -0.15) is 0 Å². The number of hydrogen-bond acceptors (Lipinski definition) is 3. The van der Waals surface area contributed by atoms with Crippen molar-refractivity contribution < 1.29 is 4.79 Å². The summed E-state index contributed by atoms with van der Waals surface area (Å²) >= 11 is 12.0. The highest BCUT2D eigenvalue weighted by molar-refractivity contribution is 6.41. The molecule has 2 aromatic rings. The molecule has 1 amide bonds. The number of carbonyl (C=O) groups excluding carboxylic acids is 1. The zero-order valence-electron chi connectivity index (χ0n) is 11.1. The first kappa shape index (κ1) is 13.5. The summed E-state index contributed by atoms with van der Waals surface area (Å²) in [5.41, 5.74) is 0.477. The number of carbonyl (C=O) groups is 1. The van der Waals surface area contributed by atoms with E-state index in [1.54, 1.807) is 22.6 Å². The van der Waals surface area contributed by atoms with Crippen LogP contribution < -0.4 is 0 Å². The maximum atomic E-state index is 12.5. The molecule has 8 heteroatoms. The fraction of sp³-hybridized carbons (Fsp3) is 0.417. The summed E-state index contributed by atoms with van der Waals surface area (Å²) in [4.78, 5) is 14.3. The molecule has 0 aromatic carbocycles. The summed E-state index contributed by atoms with van der Waals surface area (Å²) in [6.45, 7) is 3.67. The van der Waals surface area contributed by atoms with Gasteiger partial charge in [0.2, 0.25) is 0 Å². The average Bonchev–Trinajstić information content (AvgIpc) is 2.94. The molecule has 0 saturated carbocycles. The smallest absolute Gasteiger partial charge is 0.271 e. The Morgan fingerprint density at radius 3 is 2.70 bits per heavy atom. The summed E-state index contributed by atoms with van der Waals surface area (Å²) < 4.78 is 3.62. The van der Waals surface area contributed by atoms with Gasteiger partial charge in [-0.25, -0.2) is 0 Å². The number of rotatable bonds is 1. The molecule has 3 heterocycles. The monoisotopic (exact) mass is 313 g/mol. The van der Waals surface area contributed by atoms with E-state index in [0.717, 1.165) is 11.6 Å². The lowest BCUT2D eigenvalue weighted by Gasteiger charge is -2.27. The molecule has 0 atom stereocenters. The SMILES string of the molecule is Cc1nnc2n1CCN(C(=O)c1cc(Cl)c(Cl)n1C)C2. The summed E-state index contributed by atoms with van der Waals surface area (Å²) in [6, 6.07) is 1.59. The second-order valence-electron chi connectivity index (χ2n) is 4.77. The minimum absolute atomic E-state index is 0.104. The van der Waals surface area contributed by atoms with Crippen LogP contribution in [0.2, 0.25) is 10.2 Å². The molecule has 3 rings (SSSR count). The standard InChI is InChI=1S/C12H13Cl2N5O/c1-7-15-16-10-6-18(3-4-19(7)10)12(20)9-5-8(13)11(14)17(9)2/h5H,3-4,6H2,1-2H3. The predicted octanol–water partition coefficient (Wildman–Crippen LogP) is 1.89. The lowest BCUT2D eigenvalue weighted by Crippen LogP contribution is -2.39. The Hall–Kier alpha value is -1.53. The number of aryl methyl sites for hydroxylation is 1. The van der Waals surface area contributed by atoms with Crippen LogP contribution in [-0.2, 0) is 20.1 Å². The van der Waals surface area contributed by atoms with Gasteiger partial charge in [-0.05, 0) is 13.0 Å². The Balaban J connectivity index is 1.87. The van der Waals surface area contributed by atoms with E-state index in [1.807, 2.05) is 11.5 Å². The number of fused-ring (bicyclic) bond motifs is 1. The molecule has 1 aliphatic heterocycles. The zero-order valence-corrected chi connectivity index (χ0v) is 12.6.